The molecule has 1 amide bonds. The first kappa shape index (κ1) is 23.6. The van der Waals surface area contributed by atoms with Crippen LogP contribution in [0.5, 0.6) is 11.5 Å². The molecule has 3 atom stereocenters. The Kier molecular flexibility index (Phi) is 6.44. The number of nitrogens with zero attached hydrogens (tertiary/aromatic N) is 1. The molecule has 6 heteroatoms. The van der Waals surface area contributed by atoms with Crippen LogP contribution < -0.4 is 4.90 Å². The highest BCUT2D eigenvalue weighted by atomic mass is 19.1. The lowest BCUT2D eigenvalue weighted by molar-refractivity contribution is -0.131. The van der Waals surface area contributed by atoms with E-state index in [1.54, 1.807) is 60.7 Å². The molecule has 0 unspecified atom stereocenters. The molecule has 1 saturated heterocycles. The van der Waals surface area contributed by atoms with E-state index >= 15 is 0 Å². The van der Waals surface area contributed by atoms with E-state index in [0.717, 1.165) is 5.56 Å². The third-order valence-electron chi connectivity index (χ3n) is 6.82. The topological polar surface area (TPSA) is 81.0 Å². The number of carbonyl (C=O) groups excluding carboxylic acids is 1. The third kappa shape index (κ3) is 4.32. The summed E-state index contributed by atoms with van der Waals surface area (Å²) in [5.41, 5.74) is 2.54. The highest BCUT2D eigenvalue weighted by Crippen LogP contribution is 2.48. The second-order valence-corrected chi connectivity index (χ2v) is 9.01. The van der Waals surface area contributed by atoms with Gasteiger partial charge in [0.25, 0.3) is 0 Å². The molecule has 1 heterocycles. The van der Waals surface area contributed by atoms with Gasteiger partial charge >= 0.3 is 0 Å². The van der Waals surface area contributed by atoms with Gasteiger partial charge in [-0.3, -0.25) is 4.79 Å². The van der Waals surface area contributed by atoms with Gasteiger partial charge < -0.3 is 20.2 Å². The van der Waals surface area contributed by atoms with Crippen molar-refractivity contribution < 1.29 is 24.5 Å². The molecule has 1 fully saturated rings. The molecule has 4 aromatic rings. The second kappa shape index (κ2) is 9.84. The minimum Gasteiger partial charge on any atom is -0.507 e. The van der Waals surface area contributed by atoms with Crippen LogP contribution in [0, 0.1) is 11.7 Å². The number of para-hydroxylation sites is 2. The summed E-state index contributed by atoms with van der Waals surface area (Å²) in [6.07, 6.45) is 0.0373. The third-order valence-corrected chi connectivity index (χ3v) is 6.82. The van der Waals surface area contributed by atoms with Crippen molar-refractivity contribution in [3.8, 4) is 22.6 Å². The Hall–Kier alpha value is -4.16. The van der Waals surface area contributed by atoms with Gasteiger partial charge in [-0.25, -0.2) is 4.39 Å². The zero-order chi connectivity index (χ0) is 25.2. The zero-order valence-corrected chi connectivity index (χ0v) is 19.5. The van der Waals surface area contributed by atoms with Crippen molar-refractivity contribution in [1.82, 2.24) is 0 Å². The number of aromatic hydroxyl groups is 2. The van der Waals surface area contributed by atoms with Crippen molar-refractivity contribution in [3.05, 3.63) is 114 Å². The average Bonchev–Trinajstić information content (AvgIpc) is 2.89. The first-order chi connectivity index (χ1) is 17.5. The minimum absolute atomic E-state index is 0.0418. The smallest absolute Gasteiger partial charge is 0.233 e. The molecular formula is C30H26FNO4. The summed E-state index contributed by atoms with van der Waals surface area (Å²) < 4.78 is 14.7. The molecule has 3 N–H and O–H groups in total. The van der Waals surface area contributed by atoms with E-state index in [2.05, 4.69) is 0 Å². The van der Waals surface area contributed by atoms with Crippen molar-refractivity contribution >= 4 is 11.6 Å². The molecule has 1 aliphatic rings. The molecule has 0 aromatic heterocycles. The average molecular weight is 484 g/mol. The van der Waals surface area contributed by atoms with Gasteiger partial charge in [0.1, 0.15) is 17.3 Å². The fraction of sp³-hybridized carbons (Fsp3) is 0.167. The molecule has 5 rings (SSSR count). The number of phenolic OH excluding ortho intramolecular Hbond substituents is 2. The van der Waals surface area contributed by atoms with E-state index < -0.39 is 23.9 Å². The fourth-order valence-corrected chi connectivity index (χ4v) is 4.97. The normalized spacial score (nSPS) is 18.1. The van der Waals surface area contributed by atoms with Crippen molar-refractivity contribution in [2.75, 3.05) is 4.90 Å². The molecule has 4 aromatic carbocycles. The van der Waals surface area contributed by atoms with Crippen LogP contribution >= 0.6 is 0 Å². The van der Waals surface area contributed by atoms with Gasteiger partial charge in [0.2, 0.25) is 5.91 Å². The first-order valence-corrected chi connectivity index (χ1v) is 11.9. The number of carbonyl (C=O) groups is 1. The van der Waals surface area contributed by atoms with Crippen molar-refractivity contribution in [2.24, 2.45) is 5.92 Å². The predicted molar refractivity (Wildman–Crippen MR) is 136 cm³/mol. The number of β-lactam (4-membered cyclic amide) rings is 1. The summed E-state index contributed by atoms with van der Waals surface area (Å²) in [6.45, 7) is 0. The monoisotopic (exact) mass is 483 g/mol. The van der Waals surface area contributed by atoms with Gasteiger partial charge in [-0.05, 0) is 48.2 Å². The largest absolute Gasteiger partial charge is 0.507 e. The number of benzene rings is 4. The minimum atomic E-state index is -0.723. The Morgan fingerprint density at radius 2 is 1.47 bits per heavy atom. The maximum absolute atomic E-state index is 14.7. The molecule has 0 aliphatic carbocycles. The van der Waals surface area contributed by atoms with Gasteiger partial charge in [-0.15, -0.1) is 0 Å². The van der Waals surface area contributed by atoms with E-state index in [0.29, 0.717) is 29.5 Å². The molecule has 5 nitrogen and oxygen atoms in total. The number of anilines is 1. The summed E-state index contributed by atoms with van der Waals surface area (Å²) in [6, 6.07) is 26.6. The summed E-state index contributed by atoms with van der Waals surface area (Å²) in [7, 11) is 0. The molecule has 0 bridgehead atoms. The predicted octanol–water partition coefficient (Wildman–Crippen LogP) is 6.12. The lowest BCUT2D eigenvalue weighted by Gasteiger charge is -2.48. The quantitative estimate of drug-likeness (QED) is 0.277. The van der Waals surface area contributed by atoms with Gasteiger partial charge in [-0.1, -0.05) is 72.8 Å². The first-order valence-electron chi connectivity index (χ1n) is 11.9. The molecule has 0 spiro atoms. The number of aliphatic hydroxyl groups is 1. The summed E-state index contributed by atoms with van der Waals surface area (Å²) in [5, 5.41) is 31.7. The number of amides is 1. The van der Waals surface area contributed by atoms with Crippen molar-refractivity contribution in [2.45, 2.75) is 25.0 Å². The van der Waals surface area contributed by atoms with E-state index in [-0.39, 0.29) is 23.1 Å². The number of hydrogen-bond acceptors (Lipinski definition) is 4. The van der Waals surface area contributed by atoms with Crippen LogP contribution in [-0.2, 0) is 4.79 Å². The van der Waals surface area contributed by atoms with Gasteiger partial charge in [0.15, 0.2) is 0 Å². The summed E-state index contributed by atoms with van der Waals surface area (Å²) in [5.74, 6) is -1.23. The lowest BCUT2D eigenvalue weighted by atomic mass is 9.77. The number of hydrogen-bond donors (Lipinski definition) is 3. The Morgan fingerprint density at radius 3 is 2.19 bits per heavy atom. The zero-order valence-electron chi connectivity index (χ0n) is 19.5. The van der Waals surface area contributed by atoms with Crippen molar-refractivity contribution in [1.29, 1.82) is 0 Å². The fourth-order valence-electron chi connectivity index (χ4n) is 4.97. The molecule has 182 valence electrons. The summed E-state index contributed by atoms with van der Waals surface area (Å²) in [4.78, 5) is 14.7. The number of aliphatic hydroxyl groups excluding tert-OH is 1. The second-order valence-electron chi connectivity index (χ2n) is 9.01. The van der Waals surface area contributed by atoms with E-state index in [1.165, 1.54) is 11.0 Å². The maximum atomic E-state index is 14.7. The highest BCUT2D eigenvalue weighted by Gasteiger charge is 2.49. The molecule has 0 saturated carbocycles. The molecule has 1 aliphatic heterocycles. The van der Waals surface area contributed by atoms with E-state index in [9.17, 15) is 24.5 Å². The number of halogens is 1. The molecule has 0 radical (unpaired) electrons. The van der Waals surface area contributed by atoms with Crippen LogP contribution in [0.1, 0.15) is 36.1 Å². The van der Waals surface area contributed by atoms with Crippen LogP contribution in [0.2, 0.25) is 0 Å². The summed E-state index contributed by atoms with van der Waals surface area (Å²) >= 11 is 0. The molecular weight excluding hydrogens is 457 g/mol. The highest BCUT2D eigenvalue weighted by molar-refractivity contribution is 6.03. The van der Waals surface area contributed by atoms with Crippen LogP contribution in [0.4, 0.5) is 10.1 Å². The SMILES string of the molecule is O=C1[C@H](CC[C@H](O)c2ccccc2)[C@@H](c2ccc(-c3ccccc3O)c(O)c2)N1c1ccccc1F. The number of phenols is 2. The van der Waals surface area contributed by atoms with Gasteiger partial charge in [0.05, 0.1) is 23.8 Å². The van der Waals surface area contributed by atoms with Crippen molar-refractivity contribution in [3.63, 3.8) is 0 Å². The molecule has 36 heavy (non-hydrogen) atoms. The van der Waals surface area contributed by atoms with E-state index in [4.69, 9.17) is 0 Å². The Labute approximate surface area is 208 Å². The Morgan fingerprint density at radius 1 is 0.806 bits per heavy atom. The van der Waals surface area contributed by atoms with Crippen LogP contribution in [0.3, 0.4) is 0 Å². The van der Waals surface area contributed by atoms with Gasteiger partial charge in [0, 0.05) is 11.1 Å². The Bertz CT molecular complexity index is 1390. The number of rotatable bonds is 7. The van der Waals surface area contributed by atoms with E-state index in [1.807, 2.05) is 30.3 Å². The van der Waals surface area contributed by atoms with Gasteiger partial charge in [-0.2, -0.15) is 0 Å². The van der Waals surface area contributed by atoms with Crippen LogP contribution in [0.15, 0.2) is 97.1 Å². The maximum Gasteiger partial charge on any atom is 0.233 e. The standard InChI is InChI=1S/C30H26FNO4/c31-24-11-5-6-12-25(24)32-29(23(30(32)36)16-17-26(33)19-8-2-1-3-9-19)20-14-15-22(28(35)18-20)21-10-4-7-13-27(21)34/h1-15,18,23,26,29,33-35H,16-17H2/t23-,26+,29-/m1/s1. The Balaban J connectivity index is 1.46. The van der Waals surface area contributed by atoms with Crippen LogP contribution in [-0.4, -0.2) is 21.2 Å². The van der Waals surface area contributed by atoms with Crippen LogP contribution in [0.25, 0.3) is 11.1 Å². The lowest BCUT2D eigenvalue weighted by Crippen LogP contribution is -2.55.